The van der Waals surface area contributed by atoms with Gasteiger partial charge in [0.1, 0.15) is 0 Å². The Morgan fingerprint density at radius 3 is 2.54 bits per heavy atom. The summed E-state index contributed by atoms with van der Waals surface area (Å²) in [5, 5.41) is 0. The minimum absolute atomic E-state index is 0.454. The van der Waals surface area contributed by atoms with Crippen LogP contribution in [0.3, 0.4) is 0 Å². The fourth-order valence-electron chi connectivity index (χ4n) is 1.40. The molecule has 0 aromatic heterocycles. The van der Waals surface area contributed by atoms with Gasteiger partial charge in [0.05, 0.1) is 0 Å². The van der Waals surface area contributed by atoms with Crippen molar-refractivity contribution in [2.75, 3.05) is 13.6 Å². The molecule has 1 aliphatic rings. The number of aliphatic imine (C=N–C) groups is 1. The molecule has 0 radical (unpaired) electrons. The Hall–Kier alpha value is -0.770. The van der Waals surface area contributed by atoms with E-state index in [4.69, 9.17) is 5.84 Å². The van der Waals surface area contributed by atoms with E-state index in [9.17, 15) is 0 Å². The van der Waals surface area contributed by atoms with Gasteiger partial charge in [0, 0.05) is 19.6 Å². The summed E-state index contributed by atoms with van der Waals surface area (Å²) in [4.78, 5) is 6.34. The van der Waals surface area contributed by atoms with Crippen molar-refractivity contribution in [1.82, 2.24) is 10.3 Å². The number of hydrazine groups is 1. The summed E-state index contributed by atoms with van der Waals surface area (Å²) in [6, 6.07) is 0.454. The maximum atomic E-state index is 5.40. The first-order valence-electron chi connectivity index (χ1n) is 4.89. The largest absolute Gasteiger partial charge is 0.339 e. The molecule has 3 N–H and O–H groups in total. The van der Waals surface area contributed by atoms with E-state index < -0.39 is 0 Å². The SMILES string of the molecule is CN=C(NN)N(CC1CC1)C(C)C. The predicted octanol–water partition coefficient (Wildman–Crippen LogP) is 0.556. The Morgan fingerprint density at radius 1 is 1.62 bits per heavy atom. The summed E-state index contributed by atoms with van der Waals surface area (Å²) in [6.07, 6.45) is 2.70. The van der Waals surface area contributed by atoms with Crippen LogP contribution in [0.2, 0.25) is 0 Å². The molecule has 13 heavy (non-hydrogen) atoms. The van der Waals surface area contributed by atoms with Gasteiger partial charge in [-0.05, 0) is 32.6 Å². The lowest BCUT2D eigenvalue weighted by atomic mass is 10.3. The smallest absolute Gasteiger partial charge is 0.208 e. The number of hydrogen-bond donors (Lipinski definition) is 2. The van der Waals surface area contributed by atoms with Crippen molar-refractivity contribution in [3.63, 3.8) is 0 Å². The van der Waals surface area contributed by atoms with Crippen LogP contribution in [-0.4, -0.2) is 30.5 Å². The highest BCUT2D eigenvalue weighted by atomic mass is 15.4. The van der Waals surface area contributed by atoms with Gasteiger partial charge in [-0.25, -0.2) is 5.84 Å². The summed E-state index contributed by atoms with van der Waals surface area (Å²) in [6.45, 7) is 5.39. The molecule has 0 aromatic carbocycles. The van der Waals surface area contributed by atoms with Gasteiger partial charge in [-0.2, -0.15) is 0 Å². The summed E-state index contributed by atoms with van der Waals surface area (Å²) in [5.41, 5.74) is 2.64. The summed E-state index contributed by atoms with van der Waals surface area (Å²) in [5.74, 6) is 7.04. The van der Waals surface area contributed by atoms with Crippen LogP contribution in [0.15, 0.2) is 4.99 Å². The number of guanidine groups is 1. The molecule has 0 aliphatic heterocycles. The second-order valence-corrected chi connectivity index (χ2v) is 3.88. The van der Waals surface area contributed by atoms with E-state index >= 15 is 0 Å². The van der Waals surface area contributed by atoms with Crippen LogP contribution < -0.4 is 11.3 Å². The van der Waals surface area contributed by atoms with Gasteiger partial charge >= 0.3 is 0 Å². The van der Waals surface area contributed by atoms with Crippen molar-refractivity contribution in [3.8, 4) is 0 Å². The van der Waals surface area contributed by atoms with Crippen molar-refractivity contribution >= 4 is 5.96 Å². The first-order valence-corrected chi connectivity index (χ1v) is 4.89. The van der Waals surface area contributed by atoms with Crippen LogP contribution in [0.4, 0.5) is 0 Å². The van der Waals surface area contributed by atoms with Crippen molar-refractivity contribution in [2.45, 2.75) is 32.7 Å². The van der Waals surface area contributed by atoms with Crippen LogP contribution >= 0.6 is 0 Å². The summed E-state index contributed by atoms with van der Waals surface area (Å²) in [7, 11) is 1.76. The Bertz CT molecular complexity index is 184. The molecule has 4 nitrogen and oxygen atoms in total. The Morgan fingerprint density at radius 2 is 2.23 bits per heavy atom. The van der Waals surface area contributed by atoms with Gasteiger partial charge in [-0.1, -0.05) is 0 Å². The molecule has 1 rings (SSSR count). The lowest BCUT2D eigenvalue weighted by molar-refractivity contribution is 0.324. The maximum Gasteiger partial charge on any atom is 0.208 e. The zero-order chi connectivity index (χ0) is 9.84. The highest BCUT2D eigenvalue weighted by molar-refractivity contribution is 5.79. The number of nitrogens with two attached hydrogens (primary N) is 1. The van der Waals surface area contributed by atoms with E-state index in [2.05, 4.69) is 29.2 Å². The van der Waals surface area contributed by atoms with Gasteiger partial charge in [-0.15, -0.1) is 0 Å². The standard InChI is InChI=1S/C9H20N4/c1-7(2)13(6-8-4-5-8)9(11-3)12-10/h7-8H,4-6,10H2,1-3H3,(H,11,12). The van der Waals surface area contributed by atoms with Gasteiger partial charge in [0.25, 0.3) is 0 Å². The van der Waals surface area contributed by atoms with Crippen LogP contribution in [0.25, 0.3) is 0 Å². The highest BCUT2D eigenvalue weighted by Crippen LogP contribution is 2.30. The van der Waals surface area contributed by atoms with Gasteiger partial charge in [-0.3, -0.25) is 10.4 Å². The van der Waals surface area contributed by atoms with E-state index in [-0.39, 0.29) is 0 Å². The first-order chi connectivity index (χ1) is 6.19. The Labute approximate surface area is 80.2 Å². The number of nitrogens with zero attached hydrogens (tertiary/aromatic N) is 2. The molecule has 1 saturated carbocycles. The Kier molecular flexibility index (Phi) is 3.54. The molecule has 0 aromatic rings. The molecule has 76 valence electrons. The number of rotatable bonds is 3. The van der Waals surface area contributed by atoms with Gasteiger partial charge in [0.2, 0.25) is 5.96 Å². The van der Waals surface area contributed by atoms with Crippen LogP contribution in [-0.2, 0) is 0 Å². The lowest BCUT2D eigenvalue weighted by Gasteiger charge is -2.29. The maximum absolute atomic E-state index is 5.40. The first kappa shape index (κ1) is 10.3. The van der Waals surface area contributed by atoms with E-state index in [1.807, 2.05) is 0 Å². The molecule has 4 heteroatoms. The molecular formula is C9H20N4. The molecule has 0 unspecified atom stereocenters. The van der Waals surface area contributed by atoms with E-state index in [1.165, 1.54) is 12.8 Å². The van der Waals surface area contributed by atoms with Crippen molar-refractivity contribution in [2.24, 2.45) is 16.8 Å². The molecule has 0 amide bonds. The van der Waals surface area contributed by atoms with E-state index in [0.29, 0.717) is 6.04 Å². The van der Waals surface area contributed by atoms with Gasteiger partial charge in [0.15, 0.2) is 0 Å². The van der Waals surface area contributed by atoms with E-state index in [0.717, 1.165) is 18.4 Å². The third-order valence-electron chi connectivity index (χ3n) is 2.39. The molecule has 0 heterocycles. The molecule has 1 aliphatic carbocycles. The quantitative estimate of drug-likeness (QED) is 0.291. The van der Waals surface area contributed by atoms with Crippen molar-refractivity contribution in [3.05, 3.63) is 0 Å². The molecule has 0 saturated heterocycles. The Balaban J connectivity index is 2.53. The van der Waals surface area contributed by atoms with Gasteiger partial charge < -0.3 is 4.90 Å². The topological polar surface area (TPSA) is 53.6 Å². The normalized spacial score (nSPS) is 17.8. The molecule has 0 bridgehead atoms. The van der Waals surface area contributed by atoms with Crippen LogP contribution in [0.1, 0.15) is 26.7 Å². The fraction of sp³-hybridized carbons (Fsp3) is 0.889. The van der Waals surface area contributed by atoms with Crippen molar-refractivity contribution < 1.29 is 0 Å². The zero-order valence-electron chi connectivity index (χ0n) is 8.75. The minimum Gasteiger partial charge on any atom is -0.339 e. The average molecular weight is 184 g/mol. The monoisotopic (exact) mass is 184 g/mol. The summed E-state index contributed by atoms with van der Waals surface area (Å²) >= 11 is 0. The molecule has 1 fully saturated rings. The number of nitrogens with one attached hydrogen (secondary N) is 1. The van der Waals surface area contributed by atoms with Crippen LogP contribution in [0.5, 0.6) is 0 Å². The average Bonchev–Trinajstić information content (AvgIpc) is 2.88. The molecule has 0 spiro atoms. The second-order valence-electron chi connectivity index (χ2n) is 3.88. The zero-order valence-corrected chi connectivity index (χ0v) is 8.75. The predicted molar refractivity (Wildman–Crippen MR) is 55.2 cm³/mol. The summed E-state index contributed by atoms with van der Waals surface area (Å²) < 4.78 is 0. The van der Waals surface area contributed by atoms with Crippen molar-refractivity contribution in [1.29, 1.82) is 0 Å². The third kappa shape index (κ3) is 2.88. The molecular weight excluding hydrogens is 164 g/mol. The fourth-order valence-corrected chi connectivity index (χ4v) is 1.40. The molecule has 0 atom stereocenters. The lowest BCUT2D eigenvalue weighted by Crippen LogP contribution is -2.48. The third-order valence-corrected chi connectivity index (χ3v) is 2.39. The minimum atomic E-state index is 0.454. The van der Waals surface area contributed by atoms with Crippen LogP contribution in [0, 0.1) is 5.92 Å². The second kappa shape index (κ2) is 4.46. The highest BCUT2D eigenvalue weighted by Gasteiger charge is 2.26. The number of hydrogen-bond acceptors (Lipinski definition) is 2. The van der Waals surface area contributed by atoms with E-state index in [1.54, 1.807) is 7.05 Å².